The number of benzene rings is 1. The van der Waals surface area contributed by atoms with Crippen molar-refractivity contribution in [3.63, 3.8) is 0 Å². The number of carbonyl (C=O) groups is 1. The highest BCUT2D eigenvalue weighted by Crippen LogP contribution is 2.20. The molecule has 1 atom stereocenters. The van der Waals surface area contributed by atoms with Gasteiger partial charge in [0.1, 0.15) is 0 Å². The predicted molar refractivity (Wildman–Crippen MR) is 64.9 cm³/mol. The molecule has 1 aliphatic rings. The molecule has 16 heavy (non-hydrogen) atoms. The molecular formula is C12H15ClN2O. The number of hydrogen-bond acceptors (Lipinski definition) is 2. The molecule has 2 rings (SSSR count). The standard InChI is InChI=1S/C12H15ClN2O/c1-8-3-2-4-10(11(8)13)12(16)15-9-5-6-14-7-9/h2-4,9,14H,5-7H2,1H3,(H,15,16). The lowest BCUT2D eigenvalue weighted by Gasteiger charge is -2.12. The van der Waals surface area contributed by atoms with Gasteiger partial charge in [0, 0.05) is 12.6 Å². The normalized spacial score (nSPS) is 19.8. The molecule has 3 nitrogen and oxygen atoms in total. The van der Waals surface area contributed by atoms with E-state index in [0.717, 1.165) is 25.1 Å². The van der Waals surface area contributed by atoms with E-state index in [1.165, 1.54) is 0 Å². The fourth-order valence-corrected chi connectivity index (χ4v) is 2.08. The van der Waals surface area contributed by atoms with Crippen LogP contribution in [0, 0.1) is 6.92 Å². The third kappa shape index (κ3) is 2.36. The Morgan fingerprint density at radius 3 is 3.06 bits per heavy atom. The monoisotopic (exact) mass is 238 g/mol. The summed E-state index contributed by atoms with van der Waals surface area (Å²) in [6.45, 7) is 3.71. The molecule has 1 unspecified atom stereocenters. The van der Waals surface area contributed by atoms with Gasteiger partial charge in [-0.05, 0) is 31.5 Å². The molecule has 86 valence electrons. The summed E-state index contributed by atoms with van der Waals surface area (Å²) in [6.07, 6.45) is 0.981. The second-order valence-electron chi connectivity index (χ2n) is 4.10. The van der Waals surface area contributed by atoms with Gasteiger partial charge in [0.2, 0.25) is 0 Å². The summed E-state index contributed by atoms with van der Waals surface area (Å²) in [6, 6.07) is 5.73. The van der Waals surface area contributed by atoms with Crippen molar-refractivity contribution >= 4 is 17.5 Å². The number of nitrogens with one attached hydrogen (secondary N) is 2. The molecule has 2 N–H and O–H groups in total. The number of rotatable bonds is 2. The van der Waals surface area contributed by atoms with Crippen molar-refractivity contribution in [1.29, 1.82) is 0 Å². The second kappa shape index (κ2) is 4.85. The highest BCUT2D eigenvalue weighted by atomic mass is 35.5. The lowest BCUT2D eigenvalue weighted by molar-refractivity contribution is 0.0940. The minimum atomic E-state index is -0.0811. The highest BCUT2D eigenvalue weighted by Gasteiger charge is 2.19. The van der Waals surface area contributed by atoms with Crippen LogP contribution in [0.25, 0.3) is 0 Å². The summed E-state index contributed by atoms with van der Waals surface area (Å²) in [7, 11) is 0. The minimum Gasteiger partial charge on any atom is -0.348 e. The van der Waals surface area contributed by atoms with Gasteiger partial charge in [0.05, 0.1) is 10.6 Å². The first-order valence-electron chi connectivity index (χ1n) is 5.45. The zero-order chi connectivity index (χ0) is 11.5. The smallest absolute Gasteiger partial charge is 0.253 e. The number of amides is 1. The van der Waals surface area contributed by atoms with Gasteiger partial charge >= 0.3 is 0 Å². The van der Waals surface area contributed by atoms with Gasteiger partial charge in [-0.25, -0.2) is 0 Å². The fraction of sp³-hybridized carbons (Fsp3) is 0.417. The maximum Gasteiger partial charge on any atom is 0.253 e. The molecule has 0 bridgehead atoms. The van der Waals surface area contributed by atoms with Crippen LogP contribution in [0.4, 0.5) is 0 Å². The highest BCUT2D eigenvalue weighted by molar-refractivity contribution is 6.34. The van der Waals surface area contributed by atoms with E-state index in [-0.39, 0.29) is 11.9 Å². The van der Waals surface area contributed by atoms with Gasteiger partial charge in [-0.3, -0.25) is 4.79 Å². The van der Waals surface area contributed by atoms with Crippen molar-refractivity contribution in [2.45, 2.75) is 19.4 Å². The third-order valence-corrected chi connectivity index (χ3v) is 3.33. The van der Waals surface area contributed by atoms with Crippen molar-refractivity contribution in [3.8, 4) is 0 Å². The summed E-state index contributed by atoms with van der Waals surface area (Å²) < 4.78 is 0. The molecule has 0 aromatic heterocycles. The van der Waals surface area contributed by atoms with Crippen LogP contribution in [0.5, 0.6) is 0 Å². The van der Waals surface area contributed by atoms with Gasteiger partial charge in [-0.2, -0.15) is 0 Å². The number of hydrogen-bond donors (Lipinski definition) is 2. The first-order valence-corrected chi connectivity index (χ1v) is 5.83. The Morgan fingerprint density at radius 1 is 1.56 bits per heavy atom. The summed E-state index contributed by atoms with van der Waals surface area (Å²) in [5, 5.41) is 6.73. The largest absolute Gasteiger partial charge is 0.348 e. The average Bonchev–Trinajstić information content (AvgIpc) is 2.74. The van der Waals surface area contributed by atoms with Crippen molar-refractivity contribution in [1.82, 2.24) is 10.6 Å². The fourth-order valence-electron chi connectivity index (χ4n) is 1.86. The van der Waals surface area contributed by atoms with Gasteiger partial charge in [0.15, 0.2) is 0 Å². The van der Waals surface area contributed by atoms with E-state index in [1.54, 1.807) is 6.07 Å². The SMILES string of the molecule is Cc1cccc(C(=O)NC2CCNC2)c1Cl. The van der Waals surface area contributed by atoms with E-state index < -0.39 is 0 Å². The van der Waals surface area contributed by atoms with Crippen LogP contribution in [-0.2, 0) is 0 Å². The summed E-state index contributed by atoms with van der Waals surface area (Å²) in [5.74, 6) is -0.0811. The zero-order valence-corrected chi connectivity index (χ0v) is 9.97. The van der Waals surface area contributed by atoms with Gasteiger partial charge < -0.3 is 10.6 Å². The van der Waals surface area contributed by atoms with E-state index in [4.69, 9.17) is 11.6 Å². The number of halogens is 1. The van der Waals surface area contributed by atoms with Crippen LogP contribution in [-0.4, -0.2) is 25.0 Å². The van der Waals surface area contributed by atoms with Crippen LogP contribution in [0.1, 0.15) is 22.3 Å². The molecule has 1 aromatic carbocycles. The Hall–Kier alpha value is -1.06. The van der Waals surface area contributed by atoms with E-state index in [9.17, 15) is 4.79 Å². The maximum atomic E-state index is 12.0. The number of aryl methyl sites for hydroxylation is 1. The van der Waals surface area contributed by atoms with E-state index in [0.29, 0.717) is 10.6 Å². The Morgan fingerprint density at radius 2 is 2.38 bits per heavy atom. The maximum absolute atomic E-state index is 12.0. The molecule has 1 amide bonds. The summed E-state index contributed by atoms with van der Waals surface area (Å²) in [5.41, 5.74) is 1.49. The molecule has 1 aliphatic heterocycles. The molecule has 0 aliphatic carbocycles. The quantitative estimate of drug-likeness (QED) is 0.824. The van der Waals surface area contributed by atoms with Crippen LogP contribution in [0.15, 0.2) is 18.2 Å². The van der Waals surface area contributed by atoms with Gasteiger partial charge in [-0.15, -0.1) is 0 Å². The van der Waals surface area contributed by atoms with Gasteiger partial charge in [-0.1, -0.05) is 23.7 Å². The Balaban J connectivity index is 2.11. The molecular weight excluding hydrogens is 224 g/mol. The van der Waals surface area contributed by atoms with Crippen molar-refractivity contribution in [2.24, 2.45) is 0 Å². The molecule has 0 spiro atoms. The van der Waals surface area contributed by atoms with Crippen molar-refractivity contribution < 1.29 is 4.79 Å². The Labute approximate surface area is 100 Å². The van der Waals surface area contributed by atoms with Crippen LogP contribution in [0.3, 0.4) is 0 Å². The lowest BCUT2D eigenvalue weighted by Crippen LogP contribution is -2.36. The third-order valence-electron chi connectivity index (χ3n) is 2.83. The average molecular weight is 239 g/mol. The molecule has 4 heteroatoms. The zero-order valence-electron chi connectivity index (χ0n) is 9.22. The first-order chi connectivity index (χ1) is 7.68. The van der Waals surface area contributed by atoms with Crippen LogP contribution >= 0.6 is 11.6 Å². The summed E-state index contributed by atoms with van der Waals surface area (Å²) >= 11 is 6.10. The summed E-state index contributed by atoms with van der Waals surface area (Å²) in [4.78, 5) is 12.0. The van der Waals surface area contributed by atoms with Crippen molar-refractivity contribution in [3.05, 3.63) is 34.3 Å². The first kappa shape index (κ1) is 11.4. The van der Waals surface area contributed by atoms with E-state index in [1.807, 2.05) is 19.1 Å². The molecule has 1 aromatic rings. The molecule has 1 saturated heterocycles. The molecule has 0 saturated carbocycles. The molecule has 1 heterocycles. The minimum absolute atomic E-state index is 0.0811. The second-order valence-corrected chi connectivity index (χ2v) is 4.48. The Kier molecular flexibility index (Phi) is 3.46. The Bertz CT molecular complexity index is 400. The van der Waals surface area contributed by atoms with Crippen LogP contribution < -0.4 is 10.6 Å². The molecule has 1 fully saturated rings. The topological polar surface area (TPSA) is 41.1 Å². The van der Waals surface area contributed by atoms with E-state index >= 15 is 0 Å². The van der Waals surface area contributed by atoms with Crippen LogP contribution in [0.2, 0.25) is 5.02 Å². The van der Waals surface area contributed by atoms with Crippen molar-refractivity contribution in [2.75, 3.05) is 13.1 Å². The van der Waals surface area contributed by atoms with Gasteiger partial charge in [0.25, 0.3) is 5.91 Å². The lowest BCUT2D eigenvalue weighted by atomic mass is 10.1. The predicted octanol–water partition coefficient (Wildman–Crippen LogP) is 1.74. The molecule has 0 radical (unpaired) electrons. The number of carbonyl (C=O) groups excluding carboxylic acids is 1. The van der Waals surface area contributed by atoms with E-state index in [2.05, 4.69) is 10.6 Å².